The zero-order valence-corrected chi connectivity index (χ0v) is 12.1. The van der Waals surface area contributed by atoms with Crippen LogP contribution in [0.1, 0.15) is 43.7 Å². The zero-order valence-electron chi connectivity index (χ0n) is 12.1. The largest absolute Gasteiger partial charge is 0.342 e. The third-order valence-corrected chi connectivity index (χ3v) is 4.11. The highest BCUT2D eigenvalue weighted by Crippen LogP contribution is 2.26. The highest BCUT2D eigenvalue weighted by molar-refractivity contribution is 5.84. The van der Waals surface area contributed by atoms with Crippen LogP contribution >= 0.6 is 0 Å². The van der Waals surface area contributed by atoms with Crippen molar-refractivity contribution in [1.82, 2.24) is 10.2 Å². The molecule has 1 amide bonds. The molecule has 0 radical (unpaired) electrons. The SMILES string of the molecule is CCCC(C)N(C)C(=O)C1CNCc2ccccc21. The first-order valence-electron chi connectivity index (χ1n) is 7.20. The Labute approximate surface area is 116 Å². The minimum Gasteiger partial charge on any atom is -0.342 e. The minimum atomic E-state index is -0.0331. The van der Waals surface area contributed by atoms with Crippen molar-refractivity contribution in [3.8, 4) is 0 Å². The lowest BCUT2D eigenvalue weighted by molar-refractivity contribution is -0.133. The fraction of sp³-hybridized carbons (Fsp3) is 0.562. The van der Waals surface area contributed by atoms with E-state index in [2.05, 4.69) is 31.3 Å². The maximum Gasteiger partial charge on any atom is 0.231 e. The van der Waals surface area contributed by atoms with Crippen molar-refractivity contribution in [3.05, 3.63) is 35.4 Å². The van der Waals surface area contributed by atoms with Crippen LogP contribution in [0.4, 0.5) is 0 Å². The molecular formula is C16H24N2O. The second-order valence-corrected chi connectivity index (χ2v) is 5.47. The fourth-order valence-corrected chi connectivity index (χ4v) is 2.79. The number of amides is 1. The van der Waals surface area contributed by atoms with Gasteiger partial charge in [0.25, 0.3) is 0 Å². The van der Waals surface area contributed by atoms with Gasteiger partial charge in [-0.2, -0.15) is 0 Å². The summed E-state index contributed by atoms with van der Waals surface area (Å²) in [6, 6.07) is 8.58. The second kappa shape index (κ2) is 6.20. The molecule has 1 aliphatic rings. The van der Waals surface area contributed by atoms with Crippen LogP contribution in [0.25, 0.3) is 0 Å². The lowest BCUT2D eigenvalue weighted by Gasteiger charge is -2.32. The van der Waals surface area contributed by atoms with Crippen LogP contribution in [0.3, 0.4) is 0 Å². The van der Waals surface area contributed by atoms with Crippen molar-refractivity contribution in [3.63, 3.8) is 0 Å². The topological polar surface area (TPSA) is 32.3 Å². The number of fused-ring (bicyclic) bond motifs is 1. The number of hydrogen-bond acceptors (Lipinski definition) is 2. The molecule has 1 N–H and O–H groups in total. The maximum atomic E-state index is 12.7. The average Bonchev–Trinajstić information content (AvgIpc) is 2.45. The summed E-state index contributed by atoms with van der Waals surface area (Å²) in [6.45, 7) is 5.91. The number of benzene rings is 1. The summed E-state index contributed by atoms with van der Waals surface area (Å²) in [5.41, 5.74) is 2.45. The third-order valence-electron chi connectivity index (χ3n) is 4.11. The van der Waals surface area contributed by atoms with Gasteiger partial charge in [0, 0.05) is 26.2 Å². The predicted molar refractivity (Wildman–Crippen MR) is 78.0 cm³/mol. The number of nitrogens with one attached hydrogen (secondary N) is 1. The Balaban J connectivity index is 2.16. The molecular weight excluding hydrogens is 236 g/mol. The molecule has 0 saturated heterocycles. The molecule has 0 aliphatic carbocycles. The van der Waals surface area contributed by atoms with Gasteiger partial charge in [0.1, 0.15) is 0 Å². The maximum absolute atomic E-state index is 12.7. The van der Waals surface area contributed by atoms with Gasteiger partial charge < -0.3 is 10.2 Å². The van der Waals surface area contributed by atoms with E-state index in [0.717, 1.165) is 25.9 Å². The van der Waals surface area contributed by atoms with Crippen LogP contribution in [0.5, 0.6) is 0 Å². The van der Waals surface area contributed by atoms with Crippen LogP contribution in [-0.2, 0) is 11.3 Å². The van der Waals surface area contributed by atoms with Gasteiger partial charge in [0.15, 0.2) is 0 Å². The Morgan fingerprint density at radius 2 is 2.21 bits per heavy atom. The van der Waals surface area contributed by atoms with Gasteiger partial charge in [-0.1, -0.05) is 37.6 Å². The first-order valence-corrected chi connectivity index (χ1v) is 7.20. The first kappa shape index (κ1) is 14.1. The quantitative estimate of drug-likeness (QED) is 0.902. The molecule has 2 atom stereocenters. The molecule has 1 aromatic rings. The molecule has 2 unspecified atom stereocenters. The van der Waals surface area contributed by atoms with Gasteiger partial charge in [-0.3, -0.25) is 4.79 Å². The Morgan fingerprint density at radius 3 is 2.95 bits per heavy atom. The lowest BCUT2D eigenvalue weighted by Crippen LogP contribution is -2.43. The van der Waals surface area contributed by atoms with Gasteiger partial charge >= 0.3 is 0 Å². The smallest absolute Gasteiger partial charge is 0.231 e. The second-order valence-electron chi connectivity index (χ2n) is 5.47. The summed E-state index contributed by atoms with van der Waals surface area (Å²) in [5.74, 6) is 0.204. The highest BCUT2D eigenvalue weighted by Gasteiger charge is 2.29. The van der Waals surface area contributed by atoms with E-state index in [0.29, 0.717) is 6.04 Å². The normalized spacial score (nSPS) is 19.6. The van der Waals surface area contributed by atoms with Crippen molar-refractivity contribution >= 4 is 5.91 Å². The molecule has 1 aromatic carbocycles. The molecule has 3 nitrogen and oxygen atoms in total. The molecule has 0 saturated carbocycles. The molecule has 104 valence electrons. The number of rotatable bonds is 4. The van der Waals surface area contributed by atoms with E-state index in [1.54, 1.807) is 0 Å². The van der Waals surface area contributed by atoms with E-state index in [4.69, 9.17) is 0 Å². The van der Waals surface area contributed by atoms with E-state index in [1.165, 1.54) is 11.1 Å². The van der Waals surface area contributed by atoms with Crippen molar-refractivity contribution in [2.75, 3.05) is 13.6 Å². The molecule has 0 fully saturated rings. The molecule has 3 heteroatoms. The van der Waals surface area contributed by atoms with Crippen LogP contribution in [0.15, 0.2) is 24.3 Å². The number of carbonyl (C=O) groups excluding carboxylic acids is 1. The Bertz CT molecular complexity index is 444. The molecule has 1 heterocycles. The third kappa shape index (κ3) is 2.98. The summed E-state index contributed by atoms with van der Waals surface area (Å²) >= 11 is 0. The van der Waals surface area contributed by atoms with Crippen molar-refractivity contribution in [2.45, 2.75) is 45.2 Å². The number of nitrogens with zero attached hydrogens (tertiary/aromatic N) is 1. The van der Waals surface area contributed by atoms with Crippen molar-refractivity contribution < 1.29 is 4.79 Å². The highest BCUT2D eigenvalue weighted by atomic mass is 16.2. The number of hydrogen-bond donors (Lipinski definition) is 1. The summed E-state index contributed by atoms with van der Waals surface area (Å²) in [5, 5.41) is 3.35. The average molecular weight is 260 g/mol. The van der Waals surface area contributed by atoms with E-state index < -0.39 is 0 Å². The van der Waals surface area contributed by atoms with Gasteiger partial charge in [-0.15, -0.1) is 0 Å². The van der Waals surface area contributed by atoms with Crippen molar-refractivity contribution in [1.29, 1.82) is 0 Å². The summed E-state index contributed by atoms with van der Waals surface area (Å²) in [7, 11) is 1.93. The van der Waals surface area contributed by atoms with Gasteiger partial charge in [-0.25, -0.2) is 0 Å². The summed E-state index contributed by atoms with van der Waals surface area (Å²) in [6.07, 6.45) is 2.17. The van der Waals surface area contributed by atoms with Crippen LogP contribution < -0.4 is 5.32 Å². The molecule has 0 spiro atoms. The summed E-state index contributed by atoms with van der Waals surface area (Å²) in [4.78, 5) is 14.6. The monoisotopic (exact) mass is 260 g/mol. The lowest BCUT2D eigenvalue weighted by atomic mass is 9.89. The molecule has 2 rings (SSSR count). The van der Waals surface area contributed by atoms with Crippen LogP contribution in [0, 0.1) is 0 Å². The predicted octanol–water partition coefficient (Wildman–Crippen LogP) is 2.52. The molecule has 19 heavy (non-hydrogen) atoms. The zero-order chi connectivity index (χ0) is 13.8. The van der Waals surface area contributed by atoms with Gasteiger partial charge in [0.05, 0.1) is 5.92 Å². The molecule has 1 aliphatic heterocycles. The number of carbonyl (C=O) groups is 1. The Morgan fingerprint density at radius 1 is 1.47 bits per heavy atom. The van der Waals surface area contributed by atoms with E-state index in [-0.39, 0.29) is 11.8 Å². The first-order chi connectivity index (χ1) is 9.15. The van der Waals surface area contributed by atoms with E-state index in [1.807, 2.05) is 24.1 Å². The van der Waals surface area contributed by atoms with E-state index >= 15 is 0 Å². The summed E-state index contributed by atoms with van der Waals surface area (Å²) < 4.78 is 0. The van der Waals surface area contributed by atoms with Crippen LogP contribution in [0.2, 0.25) is 0 Å². The fourth-order valence-electron chi connectivity index (χ4n) is 2.79. The number of likely N-dealkylation sites (N-methyl/N-ethyl adjacent to an activating group) is 1. The van der Waals surface area contributed by atoms with Gasteiger partial charge in [-0.05, 0) is 24.5 Å². The molecule has 0 bridgehead atoms. The van der Waals surface area contributed by atoms with Gasteiger partial charge in [0.2, 0.25) is 5.91 Å². The minimum absolute atomic E-state index is 0.0331. The molecule has 0 aromatic heterocycles. The Kier molecular flexibility index (Phi) is 4.59. The standard InChI is InChI=1S/C16H24N2O/c1-4-7-12(2)18(3)16(19)15-11-17-10-13-8-5-6-9-14(13)15/h5-6,8-9,12,15,17H,4,7,10-11H2,1-3H3. The van der Waals surface area contributed by atoms with Crippen molar-refractivity contribution in [2.24, 2.45) is 0 Å². The van der Waals surface area contributed by atoms with Crippen LogP contribution in [-0.4, -0.2) is 30.4 Å². The van der Waals surface area contributed by atoms with E-state index in [9.17, 15) is 4.79 Å². The Hall–Kier alpha value is -1.35.